The molecular formula is C12H11F2N5O2. The highest BCUT2D eigenvalue weighted by atomic mass is 19.1. The van der Waals surface area contributed by atoms with E-state index in [4.69, 9.17) is 0 Å². The van der Waals surface area contributed by atoms with Crippen LogP contribution in [0.2, 0.25) is 0 Å². The van der Waals surface area contributed by atoms with Crippen molar-refractivity contribution in [1.29, 1.82) is 0 Å². The molecule has 2 aromatic rings. The van der Waals surface area contributed by atoms with Crippen LogP contribution in [0, 0.1) is 28.7 Å². The molecule has 0 aliphatic rings. The fourth-order valence-corrected chi connectivity index (χ4v) is 1.61. The van der Waals surface area contributed by atoms with Gasteiger partial charge in [-0.05, 0) is 18.6 Å². The van der Waals surface area contributed by atoms with Crippen LogP contribution in [0.4, 0.5) is 31.9 Å². The first-order valence-electron chi connectivity index (χ1n) is 5.85. The Kier molecular flexibility index (Phi) is 3.92. The molecule has 1 aromatic heterocycles. The van der Waals surface area contributed by atoms with Crippen LogP contribution in [0.5, 0.6) is 0 Å². The molecule has 0 radical (unpaired) electrons. The van der Waals surface area contributed by atoms with Gasteiger partial charge in [0.15, 0.2) is 5.82 Å². The van der Waals surface area contributed by atoms with Gasteiger partial charge >= 0.3 is 5.69 Å². The lowest BCUT2D eigenvalue weighted by Crippen LogP contribution is -2.07. The quantitative estimate of drug-likeness (QED) is 0.665. The van der Waals surface area contributed by atoms with E-state index in [9.17, 15) is 18.9 Å². The number of halogens is 2. The van der Waals surface area contributed by atoms with Gasteiger partial charge in [0.05, 0.1) is 4.92 Å². The van der Waals surface area contributed by atoms with Gasteiger partial charge in [0, 0.05) is 7.05 Å². The Morgan fingerprint density at radius 3 is 2.67 bits per heavy atom. The smallest absolute Gasteiger partial charge is 0.329 e. The number of benzene rings is 1. The molecule has 0 amide bonds. The van der Waals surface area contributed by atoms with E-state index in [2.05, 4.69) is 20.6 Å². The summed E-state index contributed by atoms with van der Waals surface area (Å²) in [5.41, 5.74) is -0.794. The van der Waals surface area contributed by atoms with E-state index in [-0.39, 0.29) is 17.3 Å². The number of aromatic nitrogens is 2. The van der Waals surface area contributed by atoms with E-state index in [1.54, 1.807) is 0 Å². The van der Waals surface area contributed by atoms with Gasteiger partial charge in [-0.2, -0.15) is 4.98 Å². The Labute approximate surface area is 118 Å². The third-order valence-electron chi connectivity index (χ3n) is 2.72. The summed E-state index contributed by atoms with van der Waals surface area (Å²) in [5, 5.41) is 15.8. The molecule has 2 N–H and O–H groups in total. The van der Waals surface area contributed by atoms with E-state index < -0.39 is 27.9 Å². The van der Waals surface area contributed by atoms with Crippen LogP contribution < -0.4 is 10.6 Å². The Bertz CT molecular complexity index is 708. The number of hydrogen-bond donors (Lipinski definition) is 2. The van der Waals surface area contributed by atoms with Crippen LogP contribution in [-0.2, 0) is 0 Å². The van der Waals surface area contributed by atoms with Crippen molar-refractivity contribution in [2.45, 2.75) is 6.92 Å². The van der Waals surface area contributed by atoms with Gasteiger partial charge in [0.2, 0.25) is 11.8 Å². The van der Waals surface area contributed by atoms with E-state index in [0.717, 1.165) is 12.3 Å². The summed E-state index contributed by atoms with van der Waals surface area (Å²) in [4.78, 5) is 17.7. The molecule has 2 rings (SSSR count). The van der Waals surface area contributed by atoms with Crippen LogP contribution >= 0.6 is 0 Å². The molecule has 0 unspecified atom stereocenters. The zero-order chi connectivity index (χ0) is 15.6. The van der Waals surface area contributed by atoms with Crippen molar-refractivity contribution in [2.75, 3.05) is 17.7 Å². The second kappa shape index (κ2) is 5.65. The average Bonchev–Trinajstić information content (AvgIpc) is 2.47. The number of nitrogens with one attached hydrogen (secondary N) is 2. The lowest BCUT2D eigenvalue weighted by atomic mass is 10.2. The molecule has 0 atom stereocenters. The minimum Gasteiger partial charge on any atom is -0.357 e. The van der Waals surface area contributed by atoms with Gasteiger partial charge in [0.25, 0.3) is 0 Å². The summed E-state index contributed by atoms with van der Waals surface area (Å²) in [6, 6.07) is 2.33. The van der Waals surface area contributed by atoms with E-state index in [1.165, 1.54) is 20.0 Å². The van der Waals surface area contributed by atoms with Crippen LogP contribution in [0.1, 0.15) is 5.56 Å². The topological polar surface area (TPSA) is 93.0 Å². The molecule has 0 aliphatic carbocycles. The predicted octanol–water partition coefficient (Wildman–Crippen LogP) is 2.76. The summed E-state index contributed by atoms with van der Waals surface area (Å²) in [5.74, 6) is -1.94. The number of hydrogen-bond acceptors (Lipinski definition) is 6. The van der Waals surface area contributed by atoms with Gasteiger partial charge in [-0.3, -0.25) is 10.1 Å². The van der Waals surface area contributed by atoms with Crippen LogP contribution in [0.3, 0.4) is 0 Å². The molecule has 0 fully saturated rings. The van der Waals surface area contributed by atoms with Crippen LogP contribution in [0.15, 0.2) is 18.3 Å². The highest BCUT2D eigenvalue weighted by Gasteiger charge is 2.20. The maximum Gasteiger partial charge on any atom is 0.329 e. The SMILES string of the molecule is CNc1ncc([N+](=O)[O-])c(Nc2c(F)ccc(C)c2F)n1. The average molecular weight is 295 g/mol. The van der Waals surface area contributed by atoms with Crippen molar-refractivity contribution in [3.05, 3.63) is 45.6 Å². The molecule has 110 valence electrons. The largest absolute Gasteiger partial charge is 0.357 e. The summed E-state index contributed by atoms with van der Waals surface area (Å²) in [7, 11) is 1.51. The maximum atomic E-state index is 13.9. The lowest BCUT2D eigenvalue weighted by molar-refractivity contribution is -0.384. The maximum absolute atomic E-state index is 13.9. The molecule has 1 heterocycles. The molecule has 0 saturated heterocycles. The highest BCUT2D eigenvalue weighted by molar-refractivity contribution is 5.67. The van der Waals surface area contributed by atoms with E-state index in [1.807, 2.05) is 0 Å². The van der Waals surface area contributed by atoms with Crippen molar-refractivity contribution in [1.82, 2.24) is 9.97 Å². The number of anilines is 3. The van der Waals surface area contributed by atoms with Gasteiger partial charge in [-0.15, -0.1) is 0 Å². The van der Waals surface area contributed by atoms with Crippen molar-refractivity contribution >= 4 is 23.1 Å². The van der Waals surface area contributed by atoms with Crippen molar-refractivity contribution in [3.63, 3.8) is 0 Å². The molecule has 21 heavy (non-hydrogen) atoms. The van der Waals surface area contributed by atoms with Crippen molar-refractivity contribution in [3.8, 4) is 0 Å². The Balaban J connectivity index is 2.53. The Morgan fingerprint density at radius 1 is 1.33 bits per heavy atom. The summed E-state index contributed by atoms with van der Waals surface area (Å²) < 4.78 is 27.6. The summed E-state index contributed by atoms with van der Waals surface area (Å²) >= 11 is 0. The number of nitrogens with zero attached hydrogens (tertiary/aromatic N) is 3. The predicted molar refractivity (Wildman–Crippen MR) is 72.6 cm³/mol. The molecule has 0 bridgehead atoms. The minimum atomic E-state index is -0.878. The highest BCUT2D eigenvalue weighted by Crippen LogP contribution is 2.29. The third kappa shape index (κ3) is 2.86. The first-order valence-corrected chi connectivity index (χ1v) is 5.85. The van der Waals surface area contributed by atoms with Crippen LogP contribution in [0.25, 0.3) is 0 Å². The second-order valence-electron chi connectivity index (χ2n) is 4.11. The Morgan fingerprint density at radius 2 is 2.05 bits per heavy atom. The second-order valence-corrected chi connectivity index (χ2v) is 4.11. The zero-order valence-corrected chi connectivity index (χ0v) is 11.1. The number of rotatable bonds is 4. The molecule has 7 nitrogen and oxygen atoms in total. The van der Waals surface area contributed by atoms with Gasteiger partial charge < -0.3 is 10.6 Å². The van der Waals surface area contributed by atoms with Gasteiger partial charge in [0.1, 0.15) is 17.7 Å². The number of aryl methyl sites for hydroxylation is 1. The first-order chi connectivity index (χ1) is 9.93. The first kappa shape index (κ1) is 14.6. The zero-order valence-electron chi connectivity index (χ0n) is 11.1. The van der Waals surface area contributed by atoms with E-state index in [0.29, 0.717) is 0 Å². The number of nitro groups is 1. The molecule has 0 spiro atoms. The molecule has 0 saturated carbocycles. The molecular weight excluding hydrogens is 284 g/mol. The summed E-state index contributed by atoms with van der Waals surface area (Å²) in [6.45, 7) is 1.45. The Hall–Kier alpha value is -2.84. The van der Waals surface area contributed by atoms with Crippen molar-refractivity contribution in [2.24, 2.45) is 0 Å². The minimum absolute atomic E-state index is 0.0802. The van der Waals surface area contributed by atoms with E-state index >= 15 is 0 Å². The fraction of sp³-hybridized carbons (Fsp3) is 0.167. The molecule has 9 heteroatoms. The van der Waals surface area contributed by atoms with Gasteiger partial charge in [-0.25, -0.2) is 13.8 Å². The normalized spacial score (nSPS) is 10.3. The molecule has 1 aromatic carbocycles. The molecule has 0 aliphatic heterocycles. The van der Waals surface area contributed by atoms with Gasteiger partial charge in [-0.1, -0.05) is 6.07 Å². The van der Waals surface area contributed by atoms with Crippen LogP contribution in [-0.4, -0.2) is 21.9 Å². The third-order valence-corrected chi connectivity index (χ3v) is 2.72. The lowest BCUT2D eigenvalue weighted by Gasteiger charge is -2.10. The summed E-state index contributed by atoms with van der Waals surface area (Å²) in [6.07, 6.45) is 0.951. The standard InChI is InChI=1S/C12H11F2N5O2/c1-6-3-4-7(13)10(9(6)14)17-11-8(19(20)21)5-16-12(15-2)18-11/h3-5H,1-2H3,(H2,15,16,17,18). The van der Waals surface area contributed by atoms with Crippen molar-refractivity contribution < 1.29 is 13.7 Å². The monoisotopic (exact) mass is 295 g/mol. The fourth-order valence-electron chi connectivity index (χ4n) is 1.61.